The van der Waals surface area contributed by atoms with Crippen molar-refractivity contribution in [3.63, 3.8) is 0 Å². The van der Waals surface area contributed by atoms with Crippen molar-refractivity contribution in [2.75, 3.05) is 5.17 Å². The largest absolute Gasteiger partial charge is 0.593 e. The molecule has 1 aromatic rings. The average Bonchev–Trinajstić information content (AvgIpc) is 2.48. The number of hydrazone groups is 1. The number of H-pyrrole nitrogens is 1. The van der Waals surface area contributed by atoms with E-state index in [1.54, 1.807) is 0 Å². The van der Waals surface area contributed by atoms with E-state index < -0.39 is 0 Å². The topological polar surface area (TPSA) is 102 Å². The van der Waals surface area contributed by atoms with Crippen molar-refractivity contribution >= 4 is 12.0 Å². The molecule has 64 valence electrons. The van der Waals surface area contributed by atoms with Crippen molar-refractivity contribution in [3.8, 4) is 0 Å². The fourth-order valence-corrected chi connectivity index (χ4v) is 0.882. The van der Waals surface area contributed by atoms with Gasteiger partial charge < -0.3 is 10.2 Å². The Morgan fingerprint density at radius 1 is 1.58 bits per heavy atom. The Kier molecular flexibility index (Phi) is 1.20. The van der Waals surface area contributed by atoms with Crippen molar-refractivity contribution in [1.82, 2.24) is 15.2 Å². The molecule has 1 aliphatic rings. The molecule has 0 bridgehead atoms. The van der Waals surface area contributed by atoms with E-state index in [4.69, 9.17) is 10.4 Å². The molecule has 0 amide bonds. The van der Waals surface area contributed by atoms with E-state index in [1.165, 1.54) is 6.33 Å². The minimum absolute atomic E-state index is 0.0246. The molecule has 1 aromatic heterocycles. The molecular weight excluding hydrogens is 166 g/mol. The summed E-state index contributed by atoms with van der Waals surface area (Å²) in [6.07, 6.45) is 2.33. The lowest BCUT2D eigenvalue weighted by molar-refractivity contribution is -0.725. The second kappa shape index (κ2) is 2.09. The molecule has 0 saturated heterocycles. The van der Waals surface area contributed by atoms with E-state index in [-0.39, 0.29) is 21.1 Å². The van der Waals surface area contributed by atoms with Crippen LogP contribution in [-0.2, 0) is 0 Å². The van der Waals surface area contributed by atoms with Crippen molar-refractivity contribution in [3.05, 3.63) is 17.2 Å². The van der Waals surface area contributed by atoms with Crippen LogP contribution in [0.15, 0.2) is 6.33 Å². The summed E-state index contributed by atoms with van der Waals surface area (Å²) in [7, 11) is 0. The zero-order chi connectivity index (χ0) is 8.72. The maximum atomic E-state index is 10.8. The summed E-state index contributed by atoms with van der Waals surface area (Å²) in [4.78, 5) is 6.28. The van der Waals surface area contributed by atoms with Crippen molar-refractivity contribution in [2.45, 2.75) is 0 Å². The highest BCUT2D eigenvalue weighted by Gasteiger charge is 2.28. The molecule has 2 heterocycles. The summed E-state index contributed by atoms with van der Waals surface area (Å²) in [5.41, 5.74) is 0.317. The summed E-state index contributed by atoms with van der Waals surface area (Å²) in [6, 6.07) is 0. The molecule has 12 heavy (non-hydrogen) atoms. The number of anilines is 1. The van der Waals surface area contributed by atoms with E-state index in [0.717, 1.165) is 6.21 Å². The third kappa shape index (κ3) is 0.726. The Morgan fingerprint density at radius 3 is 3.08 bits per heavy atom. The van der Waals surface area contributed by atoms with Crippen LogP contribution in [-0.4, -0.2) is 36.7 Å². The van der Waals surface area contributed by atoms with E-state index in [2.05, 4.69) is 9.97 Å². The van der Waals surface area contributed by atoms with Gasteiger partial charge in [-0.05, 0) is 4.85 Å². The predicted molar refractivity (Wildman–Crippen MR) is 35.3 cm³/mol. The predicted octanol–water partition coefficient (Wildman–Crippen LogP) is -0.931. The number of nitrogens with zero attached hydrogens (tertiary/aromatic N) is 4. The van der Waals surface area contributed by atoms with Crippen LogP contribution in [0, 0.1) is 5.21 Å². The standard InChI is InChI=1S/C4H5N5O3/c10-7-1-3-4(6-2-5-3)8(11)9(7)12/h1-2,11-12H,(H,5,6). The number of rotatable bonds is 0. The van der Waals surface area contributed by atoms with Crippen LogP contribution in [0.2, 0.25) is 0 Å². The summed E-state index contributed by atoms with van der Waals surface area (Å²) >= 11 is 0. The molecule has 0 aliphatic carbocycles. The van der Waals surface area contributed by atoms with Crippen molar-refractivity contribution in [2.24, 2.45) is 0 Å². The van der Waals surface area contributed by atoms with Gasteiger partial charge in [0.15, 0.2) is 5.69 Å². The molecule has 2 rings (SSSR count). The monoisotopic (exact) mass is 171 g/mol. The fraction of sp³-hybridized carbons (Fsp3) is 0. The number of fused-ring (bicyclic) bond motifs is 1. The Labute approximate surface area is 66.0 Å². The Bertz CT molecular complexity index is 333. The van der Waals surface area contributed by atoms with Gasteiger partial charge in [0.1, 0.15) is 0 Å². The van der Waals surface area contributed by atoms with Gasteiger partial charge in [-0.2, -0.15) is 0 Å². The van der Waals surface area contributed by atoms with E-state index in [9.17, 15) is 5.21 Å². The van der Waals surface area contributed by atoms with Gasteiger partial charge in [0.05, 0.1) is 11.6 Å². The molecule has 0 aromatic carbocycles. The molecule has 8 heteroatoms. The van der Waals surface area contributed by atoms with Crippen molar-refractivity contribution < 1.29 is 15.3 Å². The van der Waals surface area contributed by atoms with Gasteiger partial charge in [0, 0.05) is 0 Å². The summed E-state index contributed by atoms with van der Waals surface area (Å²) < 4.78 is 0. The number of hydrogen-bond acceptors (Lipinski definition) is 6. The minimum Gasteiger partial charge on any atom is -0.593 e. The summed E-state index contributed by atoms with van der Waals surface area (Å²) in [5, 5.41) is 28.9. The molecule has 0 saturated carbocycles. The van der Waals surface area contributed by atoms with Crippen LogP contribution in [0.1, 0.15) is 5.69 Å². The van der Waals surface area contributed by atoms with Crippen LogP contribution >= 0.6 is 0 Å². The van der Waals surface area contributed by atoms with Gasteiger partial charge in [-0.15, -0.1) is 0 Å². The van der Waals surface area contributed by atoms with Gasteiger partial charge in [-0.25, -0.2) is 10.2 Å². The second-order valence-electron chi connectivity index (χ2n) is 2.13. The molecule has 0 radical (unpaired) electrons. The summed E-state index contributed by atoms with van der Waals surface area (Å²) in [5.74, 6) is 0.0598. The van der Waals surface area contributed by atoms with Crippen LogP contribution < -0.4 is 5.17 Å². The Balaban J connectivity index is 2.53. The lowest BCUT2D eigenvalue weighted by atomic mass is 10.4. The highest BCUT2D eigenvalue weighted by atomic mass is 16.8. The molecule has 0 unspecified atom stereocenters. The van der Waals surface area contributed by atoms with E-state index in [0.29, 0.717) is 5.69 Å². The maximum Gasteiger partial charge on any atom is 0.239 e. The van der Waals surface area contributed by atoms with Crippen LogP contribution in [0.5, 0.6) is 0 Å². The Hall–Kier alpha value is -1.80. The van der Waals surface area contributed by atoms with Gasteiger partial charge in [0.2, 0.25) is 12.0 Å². The van der Waals surface area contributed by atoms with Gasteiger partial charge in [0.25, 0.3) is 0 Å². The smallest absolute Gasteiger partial charge is 0.239 e. The molecular formula is C4H5N5O3. The van der Waals surface area contributed by atoms with Crippen LogP contribution in [0.25, 0.3) is 0 Å². The maximum absolute atomic E-state index is 10.8. The quantitative estimate of drug-likeness (QED) is 0.344. The van der Waals surface area contributed by atoms with Crippen molar-refractivity contribution in [1.29, 1.82) is 0 Å². The third-order valence-corrected chi connectivity index (χ3v) is 1.42. The zero-order valence-corrected chi connectivity index (χ0v) is 5.75. The fourth-order valence-electron chi connectivity index (χ4n) is 0.882. The van der Waals surface area contributed by atoms with E-state index >= 15 is 0 Å². The minimum atomic E-state index is -0.0246. The SMILES string of the molecule is [O-][N+]1=Cc2[nH]cnc2N(O)N1O. The lowest BCUT2D eigenvalue weighted by Gasteiger charge is -2.23. The highest BCUT2D eigenvalue weighted by Crippen LogP contribution is 2.16. The molecule has 3 N–H and O–H groups in total. The number of hydrazine groups is 2. The summed E-state index contributed by atoms with van der Waals surface area (Å²) in [6.45, 7) is 0. The third-order valence-electron chi connectivity index (χ3n) is 1.42. The molecule has 0 atom stereocenters. The number of nitrogens with one attached hydrogen (secondary N) is 1. The first kappa shape index (κ1) is 6.88. The second-order valence-corrected chi connectivity index (χ2v) is 2.13. The molecule has 8 nitrogen and oxygen atoms in total. The molecule has 0 fully saturated rings. The first-order valence-electron chi connectivity index (χ1n) is 3.02. The highest BCUT2D eigenvalue weighted by molar-refractivity contribution is 5.80. The average molecular weight is 171 g/mol. The van der Waals surface area contributed by atoms with Crippen LogP contribution in [0.4, 0.5) is 5.82 Å². The normalized spacial score (nSPS) is 16.0. The first-order valence-corrected chi connectivity index (χ1v) is 3.02. The number of aromatic nitrogens is 2. The Morgan fingerprint density at radius 2 is 2.33 bits per heavy atom. The zero-order valence-electron chi connectivity index (χ0n) is 5.75. The molecule has 0 spiro atoms. The molecule has 1 aliphatic heterocycles. The van der Waals surface area contributed by atoms with Gasteiger partial charge in [-0.1, -0.05) is 5.17 Å². The number of aromatic amines is 1. The first-order chi connectivity index (χ1) is 5.70. The van der Waals surface area contributed by atoms with Gasteiger partial charge in [-0.3, -0.25) is 5.21 Å². The lowest BCUT2D eigenvalue weighted by Crippen LogP contribution is -2.46. The number of imidazole rings is 1. The van der Waals surface area contributed by atoms with E-state index in [1.807, 2.05) is 0 Å². The number of hydrogen-bond donors (Lipinski definition) is 3. The van der Waals surface area contributed by atoms with Gasteiger partial charge >= 0.3 is 0 Å². The van der Waals surface area contributed by atoms with Crippen LogP contribution in [0.3, 0.4) is 0 Å².